The van der Waals surface area contributed by atoms with Crippen LogP contribution in [0.3, 0.4) is 0 Å². The third kappa shape index (κ3) is 3.31. The number of carbonyl (C=O) groups is 2. The summed E-state index contributed by atoms with van der Waals surface area (Å²) < 4.78 is 14.3. The summed E-state index contributed by atoms with van der Waals surface area (Å²) in [6, 6.07) is 15.5. The van der Waals surface area contributed by atoms with E-state index in [2.05, 4.69) is 0 Å². The summed E-state index contributed by atoms with van der Waals surface area (Å²) in [7, 11) is 0. The first kappa shape index (κ1) is 19.6. The van der Waals surface area contributed by atoms with Gasteiger partial charge in [-0.1, -0.05) is 48.5 Å². The molecule has 1 heterocycles. The fourth-order valence-corrected chi connectivity index (χ4v) is 4.53. The maximum atomic E-state index is 14.3. The van der Waals surface area contributed by atoms with E-state index in [1.54, 1.807) is 18.2 Å². The Bertz CT molecular complexity index is 927. The second kappa shape index (κ2) is 7.26. The highest BCUT2D eigenvalue weighted by Crippen LogP contribution is 2.51. The molecule has 2 fully saturated rings. The molecule has 1 aliphatic carbocycles. The standard InChI is InChI=1S/C23H24FNO4/c24-18-9-5-4-8-17(18)22(10-11-22)20(27)25-13-12-23(21(28)29,19(26)15-25)14-16-6-2-1-3-7-16/h1-9,19,26H,10-15H2,(H,28,29)/t19-,23+/m0/s1. The molecular weight excluding hydrogens is 373 g/mol. The first-order chi connectivity index (χ1) is 13.9. The molecule has 0 aromatic heterocycles. The van der Waals surface area contributed by atoms with Crippen LogP contribution in [0.4, 0.5) is 4.39 Å². The van der Waals surface area contributed by atoms with Crippen molar-refractivity contribution in [2.75, 3.05) is 13.1 Å². The number of piperidine rings is 1. The summed E-state index contributed by atoms with van der Waals surface area (Å²) in [6.07, 6.45) is 0.276. The van der Waals surface area contributed by atoms with Gasteiger partial charge < -0.3 is 15.1 Å². The number of aliphatic hydroxyl groups is 1. The summed E-state index contributed by atoms with van der Waals surface area (Å²) in [6.45, 7) is 0.166. The van der Waals surface area contributed by atoms with Crippen molar-refractivity contribution >= 4 is 11.9 Å². The van der Waals surface area contributed by atoms with Gasteiger partial charge in [-0.2, -0.15) is 0 Å². The molecule has 1 saturated carbocycles. The lowest BCUT2D eigenvalue weighted by atomic mass is 9.71. The summed E-state index contributed by atoms with van der Waals surface area (Å²) >= 11 is 0. The minimum atomic E-state index is -1.34. The number of nitrogens with zero attached hydrogens (tertiary/aromatic N) is 1. The van der Waals surface area contributed by atoms with Crippen molar-refractivity contribution in [2.45, 2.75) is 37.2 Å². The van der Waals surface area contributed by atoms with Gasteiger partial charge in [-0.3, -0.25) is 9.59 Å². The molecular formula is C23H24FNO4. The van der Waals surface area contributed by atoms with Crippen LogP contribution in [-0.2, 0) is 21.4 Å². The fourth-order valence-electron chi connectivity index (χ4n) is 4.53. The van der Waals surface area contributed by atoms with Crippen LogP contribution in [0.1, 0.15) is 30.4 Å². The van der Waals surface area contributed by atoms with Gasteiger partial charge in [0.2, 0.25) is 5.91 Å². The molecule has 1 amide bonds. The van der Waals surface area contributed by atoms with Crippen molar-refractivity contribution in [1.82, 2.24) is 4.90 Å². The smallest absolute Gasteiger partial charge is 0.312 e. The third-order valence-corrected chi connectivity index (χ3v) is 6.48. The number of aliphatic carboxylic acids is 1. The largest absolute Gasteiger partial charge is 0.481 e. The quantitative estimate of drug-likeness (QED) is 0.813. The van der Waals surface area contributed by atoms with E-state index < -0.39 is 28.7 Å². The third-order valence-electron chi connectivity index (χ3n) is 6.48. The van der Waals surface area contributed by atoms with Gasteiger partial charge in [0.25, 0.3) is 0 Å². The number of carboxylic acids is 1. The van der Waals surface area contributed by atoms with Crippen molar-refractivity contribution in [3.63, 3.8) is 0 Å². The number of halogens is 1. The van der Waals surface area contributed by atoms with Gasteiger partial charge in [-0.05, 0) is 37.3 Å². The summed E-state index contributed by atoms with van der Waals surface area (Å²) in [5.74, 6) is -1.68. The molecule has 6 heteroatoms. The van der Waals surface area contributed by atoms with E-state index in [1.165, 1.54) is 11.0 Å². The molecule has 0 unspecified atom stereocenters. The number of aliphatic hydroxyl groups excluding tert-OH is 1. The Hall–Kier alpha value is -2.73. The molecule has 1 saturated heterocycles. The number of carbonyl (C=O) groups excluding carboxylic acids is 1. The molecule has 1 aliphatic heterocycles. The zero-order chi connectivity index (χ0) is 20.6. The number of likely N-dealkylation sites (tertiary alicyclic amines) is 1. The minimum Gasteiger partial charge on any atom is -0.481 e. The molecule has 29 heavy (non-hydrogen) atoms. The van der Waals surface area contributed by atoms with Crippen molar-refractivity contribution < 1.29 is 24.2 Å². The summed E-state index contributed by atoms with van der Waals surface area (Å²) in [5.41, 5.74) is -1.00. The number of hydrogen-bond acceptors (Lipinski definition) is 3. The number of carboxylic acid groups (broad SMARTS) is 1. The van der Waals surface area contributed by atoms with E-state index in [0.717, 1.165) is 5.56 Å². The van der Waals surface area contributed by atoms with E-state index in [-0.39, 0.29) is 31.8 Å². The van der Waals surface area contributed by atoms with Gasteiger partial charge in [-0.15, -0.1) is 0 Å². The molecule has 0 radical (unpaired) electrons. The van der Waals surface area contributed by atoms with Gasteiger partial charge in [0.05, 0.1) is 11.5 Å². The minimum absolute atomic E-state index is 0.0613. The number of amides is 1. The second-order valence-electron chi connectivity index (χ2n) is 8.20. The lowest BCUT2D eigenvalue weighted by Crippen LogP contribution is -2.58. The van der Waals surface area contributed by atoms with Gasteiger partial charge in [0.15, 0.2) is 0 Å². The van der Waals surface area contributed by atoms with E-state index in [9.17, 15) is 24.2 Å². The molecule has 0 bridgehead atoms. The van der Waals surface area contributed by atoms with Crippen molar-refractivity contribution in [2.24, 2.45) is 5.41 Å². The van der Waals surface area contributed by atoms with Crippen LogP contribution < -0.4 is 0 Å². The van der Waals surface area contributed by atoms with E-state index in [0.29, 0.717) is 18.4 Å². The van der Waals surface area contributed by atoms with E-state index in [4.69, 9.17) is 0 Å². The topological polar surface area (TPSA) is 77.8 Å². The first-order valence-corrected chi connectivity index (χ1v) is 9.89. The first-order valence-electron chi connectivity index (χ1n) is 9.89. The Morgan fingerprint density at radius 3 is 2.28 bits per heavy atom. The van der Waals surface area contributed by atoms with E-state index in [1.807, 2.05) is 30.3 Å². The van der Waals surface area contributed by atoms with Crippen LogP contribution in [0.2, 0.25) is 0 Å². The Kier molecular flexibility index (Phi) is 4.90. The zero-order valence-electron chi connectivity index (χ0n) is 16.1. The average Bonchev–Trinajstić information content (AvgIpc) is 3.52. The highest BCUT2D eigenvalue weighted by Gasteiger charge is 2.57. The number of benzene rings is 2. The van der Waals surface area contributed by atoms with Crippen molar-refractivity contribution in [3.8, 4) is 0 Å². The van der Waals surface area contributed by atoms with Crippen LogP contribution in [-0.4, -0.2) is 46.2 Å². The monoisotopic (exact) mass is 397 g/mol. The molecule has 5 nitrogen and oxygen atoms in total. The fraction of sp³-hybridized carbons (Fsp3) is 0.391. The highest BCUT2D eigenvalue weighted by molar-refractivity contribution is 5.91. The average molecular weight is 397 g/mol. The molecule has 2 aliphatic rings. The van der Waals surface area contributed by atoms with Crippen LogP contribution in [0, 0.1) is 11.2 Å². The predicted octanol–water partition coefficient (Wildman–Crippen LogP) is 2.76. The molecule has 152 valence electrons. The van der Waals surface area contributed by atoms with Gasteiger partial charge in [-0.25, -0.2) is 4.39 Å². The number of rotatable bonds is 5. The Labute approximate surface area is 168 Å². The molecule has 2 aromatic rings. The maximum absolute atomic E-state index is 14.3. The molecule has 2 atom stereocenters. The van der Waals surface area contributed by atoms with Crippen LogP contribution in [0.25, 0.3) is 0 Å². The normalized spacial score (nSPS) is 25.4. The van der Waals surface area contributed by atoms with Crippen LogP contribution >= 0.6 is 0 Å². The SMILES string of the molecule is O=C(N1CC[C@](Cc2ccccc2)(C(=O)O)[C@@H](O)C1)C1(c2ccccc2F)CC1. The van der Waals surface area contributed by atoms with Gasteiger partial charge in [0.1, 0.15) is 11.2 Å². The van der Waals surface area contributed by atoms with Gasteiger partial charge in [0, 0.05) is 18.7 Å². The van der Waals surface area contributed by atoms with Gasteiger partial charge >= 0.3 is 5.97 Å². The predicted molar refractivity (Wildman–Crippen MR) is 105 cm³/mol. The summed E-state index contributed by atoms with van der Waals surface area (Å²) in [4.78, 5) is 26.9. The molecule has 4 rings (SSSR count). The van der Waals surface area contributed by atoms with Crippen LogP contribution in [0.15, 0.2) is 54.6 Å². The molecule has 2 aromatic carbocycles. The maximum Gasteiger partial charge on any atom is 0.312 e. The number of β-amino-alcohol motifs (C(OH)–C–C–N with tert-alkyl or cyclic N) is 1. The Morgan fingerprint density at radius 1 is 1.03 bits per heavy atom. The zero-order valence-corrected chi connectivity index (χ0v) is 16.1. The van der Waals surface area contributed by atoms with E-state index >= 15 is 0 Å². The van der Waals surface area contributed by atoms with Crippen molar-refractivity contribution in [1.29, 1.82) is 0 Å². The lowest BCUT2D eigenvalue weighted by Gasteiger charge is -2.43. The Balaban J connectivity index is 1.54. The Morgan fingerprint density at radius 2 is 1.69 bits per heavy atom. The summed E-state index contributed by atoms with van der Waals surface area (Å²) in [5, 5.41) is 20.8. The molecule has 0 spiro atoms. The van der Waals surface area contributed by atoms with Crippen LogP contribution in [0.5, 0.6) is 0 Å². The molecule has 2 N–H and O–H groups in total. The second-order valence-corrected chi connectivity index (χ2v) is 8.20. The highest BCUT2D eigenvalue weighted by atomic mass is 19.1. The number of hydrogen-bond donors (Lipinski definition) is 2. The lowest BCUT2D eigenvalue weighted by molar-refractivity contribution is -0.166. The van der Waals surface area contributed by atoms with Crippen molar-refractivity contribution in [3.05, 3.63) is 71.5 Å².